The van der Waals surface area contributed by atoms with E-state index in [2.05, 4.69) is 4.98 Å². The number of rotatable bonds is 0. The van der Waals surface area contributed by atoms with Crippen LogP contribution in [0, 0.1) is 0 Å². The molecule has 0 amide bonds. The van der Waals surface area contributed by atoms with E-state index < -0.39 is 0 Å². The van der Waals surface area contributed by atoms with Gasteiger partial charge in [-0.1, -0.05) is 0 Å². The molecule has 8 heavy (non-hydrogen) atoms. The fourth-order valence-corrected chi connectivity index (χ4v) is 0.344. The van der Waals surface area contributed by atoms with Gasteiger partial charge in [-0.25, -0.2) is 0 Å². The Morgan fingerprint density at radius 3 is 2.00 bits per heavy atom. The molecule has 0 aliphatic rings. The Hall–Kier alpha value is -1.09. The van der Waals surface area contributed by atoms with Gasteiger partial charge in [-0.05, 0) is 12.1 Å². The van der Waals surface area contributed by atoms with E-state index in [0.717, 1.165) is 0 Å². The largest absolute Gasteiger partial charge is 0.508 e. The molecule has 3 heteroatoms. The van der Waals surface area contributed by atoms with Crippen molar-refractivity contribution in [2.75, 3.05) is 0 Å². The fourth-order valence-electron chi connectivity index (χ4n) is 0.344. The molecule has 0 bridgehead atoms. The summed E-state index contributed by atoms with van der Waals surface area (Å²) in [5, 5.41) is 8.59. The van der Waals surface area contributed by atoms with Crippen molar-refractivity contribution in [1.82, 2.24) is 4.98 Å². The molecule has 0 spiro atoms. The molecular formula is C5H7NO2. The molecule has 1 rings (SSSR count). The molecule has 0 atom stereocenters. The molecular weight excluding hydrogens is 106 g/mol. The van der Waals surface area contributed by atoms with Crippen molar-refractivity contribution < 1.29 is 10.6 Å². The van der Waals surface area contributed by atoms with Gasteiger partial charge in [-0.3, -0.25) is 4.98 Å². The summed E-state index contributed by atoms with van der Waals surface area (Å²) in [6, 6.07) is 3.06. The second-order valence-corrected chi connectivity index (χ2v) is 1.21. The molecule has 0 saturated heterocycles. The van der Waals surface area contributed by atoms with Crippen molar-refractivity contribution in [3.63, 3.8) is 0 Å². The van der Waals surface area contributed by atoms with Crippen molar-refractivity contribution in [2.45, 2.75) is 0 Å². The van der Waals surface area contributed by atoms with Crippen molar-refractivity contribution in [3.8, 4) is 5.75 Å². The Morgan fingerprint density at radius 1 is 1.25 bits per heavy atom. The highest BCUT2D eigenvalue weighted by Gasteiger charge is 1.75. The van der Waals surface area contributed by atoms with Gasteiger partial charge in [0.15, 0.2) is 0 Å². The monoisotopic (exact) mass is 113 g/mol. The Kier molecular flexibility index (Phi) is 2.58. The smallest absolute Gasteiger partial charge is 0.118 e. The van der Waals surface area contributed by atoms with Crippen LogP contribution in [-0.4, -0.2) is 15.6 Å². The number of aromatic nitrogens is 1. The summed E-state index contributed by atoms with van der Waals surface area (Å²) in [6.45, 7) is 0. The van der Waals surface area contributed by atoms with Gasteiger partial charge < -0.3 is 10.6 Å². The Morgan fingerprint density at radius 2 is 1.75 bits per heavy atom. The summed E-state index contributed by atoms with van der Waals surface area (Å²) in [4.78, 5) is 3.69. The lowest BCUT2D eigenvalue weighted by Gasteiger charge is -1.82. The molecule has 0 fully saturated rings. The van der Waals surface area contributed by atoms with Gasteiger partial charge in [0.2, 0.25) is 0 Å². The minimum Gasteiger partial charge on any atom is -0.508 e. The van der Waals surface area contributed by atoms with E-state index in [1.54, 1.807) is 0 Å². The molecule has 44 valence electrons. The Bertz CT molecular complexity index is 140. The fraction of sp³-hybridized carbons (Fsp3) is 0. The average molecular weight is 113 g/mol. The van der Waals surface area contributed by atoms with Gasteiger partial charge >= 0.3 is 0 Å². The molecule has 0 aromatic carbocycles. The predicted molar refractivity (Wildman–Crippen MR) is 29.5 cm³/mol. The van der Waals surface area contributed by atoms with Crippen LogP contribution in [0.25, 0.3) is 0 Å². The molecule has 3 N–H and O–H groups in total. The van der Waals surface area contributed by atoms with Crippen molar-refractivity contribution in [1.29, 1.82) is 0 Å². The lowest BCUT2D eigenvalue weighted by molar-refractivity contribution is 0.474. The van der Waals surface area contributed by atoms with Crippen molar-refractivity contribution >= 4 is 0 Å². The second-order valence-electron chi connectivity index (χ2n) is 1.21. The minimum absolute atomic E-state index is 0. The van der Waals surface area contributed by atoms with E-state index in [-0.39, 0.29) is 11.2 Å². The summed E-state index contributed by atoms with van der Waals surface area (Å²) in [7, 11) is 0. The van der Waals surface area contributed by atoms with E-state index in [1.165, 1.54) is 24.5 Å². The molecule has 1 aromatic rings. The maximum absolute atomic E-state index is 8.59. The van der Waals surface area contributed by atoms with Crippen LogP contribution in [0.5, 0.6) is 5.75 Å². The van der Waals surface area contributed by atoms with E-state index >= 15 is 0 Å². The molecule has 0 aliphatic carbocycles. The van der Waals surface area contributed by atoms with Crippen molar-refractivity contribution in [2.24, 2.45) is 0 Å². The van der Waals surface area contributed by atoms with Gasteiger partial charge in [-0.2, -0.15) is 0 Å². The molecule has 1 aromatic heterocycles. The van der Waals surface area contributed by atoms with Crippen LogP contribution in [0.15, 0.2) is 24.5 Å². The third-order valence-corrected chi connectivity index (χ3v) is 0.663. The third-order valence-electron chi connectivity index (χ3n) is 0.663. The number of aromatic hydroxyl groups is 1. The lowest BCUT2D eigenvalue weighted by atomic mass is 10.5. The maximum atomic E-state index is 8.59. The normalized spacial score (nSPS) is 7.50. The van der Waals surface area contributed by atoms with Crippen LogP contribution in [-0.2, 0) is 0 Å². The Balaban J connectivity index is 0.000000490. The van der Waals surface area contributed by atoms with Crippen LogP contribution in [0.2, 0.25) is 0 Å². The highest BCUT2D eigenvalue weighted by atomic mass is 16.3. The average Bonchev–Trinajstić information content (AvgIpc) is 1.69. The number of hydrogen-bond acceptors (Lipinski definition) is 2. The summed E-state index contributed by atoms with van der Waals surface area (Å²) in [5.41, 5.74) is 0. The quantitative estimate of drug-likeness (QED) is 0.513. The Labute approximate surface area is 46.9 Å². The molecule has 3 nitrogen and oxygen atoms in total. The van der Waals surface area contributed by atoms with E-state index in [9.17, 15) is 0 Å². The van der Waals surface area contributed by atoms with Crippen LogP contribution in [0.1, 0.15) is 0 Å². The van der Waals surface area contributed by atoms with Gasteiger partial charge in [-0.15, -0.1) is 0 Å². The number of hydrogen-bond donors (Lipinski definition) is 1. The van der Waals surface area contributed by atoms with Gasteiger partial charge in [0.05, 0.1) is 0 Å². The predicted octanol–water partition coefficient (Wildman–Crippen LogP) is -0.0375. The summed E-state index contributed by atoms with van der Waals surface area (Å²) < 4.78 is 0. The molecule has 1 heterocycles. The van der Waals surface area contributed by atoms with Crippen LogP contribution < -0.4 is 0 Å². The maximum Gasteiger partial charge on any atom is 0.118 e. The summed E-state index contributed by atoms with van der Waals surface area (Å²) >= 11 is 0. The van der Waals surface area contributed by atoms with Crippen molar-refractivity contribution in [3.05, 3.63) is 24.5 Å². The highest BCUT2D eigenvalue weighted by Crippen LogP contribution is 2.00. The zero-order chi connectivity index (χ0) is 5.11. The van der Waals surface area contributed by atoms with Gasteiger partial charge in [0.25, 0.3) is 0 Å². The van der Waals surface area contributed by atoms with E-state index in [4.69, 9.17) is 5.11 Å². The molecule has 0 saturated carbocycles. The first kappa shape index (κ1) is 6.91. The zero-order valence-corrected chi connectivity index (χ0v) is 4.20. The first-order chi connectivity index (χ1) is 3.39. The molecule has 0 aliphatic heterocycles. The van der Waals surface area contributed by atoms with Crippen LogP contribution >= 0.6 is 0 Å². The molecule has 0 unspecified atom stereocenters. The van der Waals surface area contributed by atoms with Gasteiger partial charge in [0, 0.05) is 12.4 Å². The second kappa shape index (κ2) is 2.98. The zero-order valence-electron chi connectivity index (χ0n) is 4.20. The third kappa shape index (κ3) is 1.57. The van der Waals surface area contributed by atoms with Crippen LogP contribution in [0.4, 0.5) is 0 Å². The summed E-state index contributed by atoms with van der Waals surface area (Å²) in [6.07, 6.45) is 3.07. The van der Waals surface area contributed by atoms with Gasteiger partial charge in [0.1, 0.15) is 5.75 Å². The first-order valence-corrected chi connectivity index (χ1v) is 1.98. The summed E-state index contributed by atoms with van der Waals surface area (Å²) in [5.74, 6) is 0.259. The lowest BCUT2D eigenvalue weighted by Crippen LogP contribution is -1.63. The highest BCUT2D eigenvalue weighted by molar-refractivity contribution is 5.13. The van der Waals surface area contributed by atoms with E-state index in [1.807, 2.05) is 0 Å². The number of nitrogens with zero attached hydrogens (tertiary/aromatic N) is 1. The number of pyridine rings is 1. The van der Waals surface area contributed by atoms with Crippen LogP contribution in [0.3, 0.4) is 0 Å². The SMILES string of the molecule is O.Oc1ccncc1. The first-order valence-electron chi connectivity index (χ1n) is 1.98. The van der Waals surface area contributed by atoms with E-state index in [0.29, 0.717) is 0 Å². The molecule has 0 radical (unpaired) electrons. The topological polar surface area (TPSA) is 64.6 Å². The minimum atomic E-state index is 0. The standard InChI is InChI=1S/C5H5NO.H2O/c7-5-1-3-6-4-2-5;/h1-4H,(H,6,7);1H2.